The summed E-state index contributed by atoms with van der Waals surface area (Å²) in [5, 5.41) is 0. The molecule has 0 aromatic rings. The lowest BCUT2D eigenvalue weighted by atomic mass is 10.3. The van der Waals surface area contributed by atoms with Gasteiger partial charge in [0.05, 0.1) is 6.61 Å². The van der Waals surface area contributed by atoms with E-state index in [0.717, 1.165) is 12.8 Å². The summed E-state index contributed by atoms with van der Waals surface area (Å²) in [6.45, 7) is 3.98. The molecule has 2 heteroatoms. The number of carbonyl (C=O) groups is 1. The zero-order valence-corrected chi connectivity index (χ0v) is 7.75. The lowest BCUT2D eigenvalue weighted by molar-refractivity contribution is -0.140. The van der Waals surface area contributed by atoms with Crippen LogP contribution in [-0.4, -0.2) is 12.6 Å². The zero-order chi connectivity index (χ0) is 9.23. The van der Waals surface area contributed by atoms with Gasteiger partial charge in [0.1, 0.15) is 0 Å². The monoisotopic (exact) mass is 168 g/mol. The van der Waals surface area contributed by atoms with Gasteiger partial charge >= 0.3 is 5.97 Å². The number of allylic oxidation sites excluding steroid dienone is 3. The van der Waals surface area contributed by atoms with Gasteiger partial charge in [-0.3, -0.25) is 4.79 Å². The average Bonchev–Trinajstić information content (AvgIpc) is 2.02. The maximum Gasteiger partial charge on any atom is 0.302 e. The summed E-state index contributed by atoms with van der Waals surface area (Å²) in [6.07, 6.45) is 9.85. The van der Waals surface area contributed by atoms with Crippen LogP contribution in [0.25, 0.3) is 0 Å². The molecule has 0 radical (unpaired) electrons. The first-order chi connectivity index (χ1) is 5.77. The quantitative estimate of drug-likeness (QED) is 0.358. The fourth-order valence-electron chi connectivity index (χ4n) is 0.660. The molecule has 0 N–H and O–H groups in total. The Bertz CT molecular complexity index is 169. The minimum Gasteiger partial charge on any atom is -0.466 e. The topological polar surface area (TPSA) is 26.3 Å². The predicted molar refractivity (Wildman–Crippen MR) is 49.8 cm³/mol. The number of rotatable bonds is 5. The van der Waals surface area contributed by atoms with Crippen LogP contribution in [0.5, 0.6) is 0 Å². The largest absolute Gasteiger partial charge is 0.466 e. The molecule has 68 valence electrons. The fourth-order valence-corrected chi connectivity index (χ4v) is 0.660. The molecule has 0 amide bonds. The van der Waals surface area contributed by atoms with E-state index in [1.54, 1.807) is 0 Å². The SMILES string of the molecule is CC/C=C/C=C/CCOC(C)=O. The van der Waals surface area contributed by atoms with Gasteiger partial charge in [-0.25, -0.2) is 0 Å². The Hall–Kier alpha value is -1.05. The van der Waals surface area contributed by atoms with Gasteiger partial charge < -0.3 is 4.74 Å². The van der Waals surface area contributed by atoms with E-state index in [2.05, 4.69) is 13.0 Å². The van der Waals surface area contributed by atoms with E-state index in [4.69, 9.17) is 4.74 Å². The molecule has 12 heavy (non-hydrogen) atoms. The van der Waals surface area contributed by atoms with Gasteiger partial charge in [0.25, 0.3) is 0 Å². The highest BCUT2D eigenvalue weighted by Gasteiger charge is 1.87. The Morgan fingerprint density at radius 3 is 2.58 bits per heavy atom. The minimum absolute atomic E-state index is 0.215. The summed E-state index contributed by atoms with van der Waals surface area (Å²) in [5.41, 5.74) is 0. The molecule has 0 spiro atoms. The van der Waals surface area contributed by atoms with Gasteiger partial charge in [-0.15, -0.1) is 0 Å². The molecule has 0 atom stereocenters. The normalized spacial score (nSPS) is 11.2. The highest BCUT2D eigenvalue weighted by Crippen LogP contribution is 1.88. The van der Waals surface area contributed by atoms with Gasteiger partial charge in [0, 0.05) is 6.92 Å². The zero-order valence-electron chi connectivity index (χ0n) is 7.75. The molecule has 0 aliphatic carbocycles. The Morgan fingerprint density at radius 1 is 1.33 bits per heavy atom. The summed E-state index contributed by atoms with van der Waals surface area (Å²) in [6, 6.07) is 0. The molecule has 0 aliphatic heterocycles. The van der Waals surface area contributed by atoms with E-state index in [1.807, 2.05) is 18.2 Å². The third-order valence-electron chi connectivity index (χ3n) is 1.21. The van der Waals surface area contributed by atoms with Gasteiger partial charge in [0.15, 0.2) is 0 Å². The van der Waals surface area contributed by atoms with Gasteiger partial charge in [-0.1, -0.05) is 31.2 Å². The second-order valence-electron chi connectivity index (χ2n) is 2.39. The summed E-state index contributed by atoms with van der Waals surface area (Å²) in [4.78, 5) is 10.3. The Kier molecular flexibility index (Phi) is 7.35. The lowest BCUT2D eigenvalue weighted by Crippen LogP contribution is -1.98. The van der Waals surface area contributed by atoms with E-state index < -0.39 is 0 Å². The van der Waals surface area contributed by atoms with Crippen LogP contribution in [0.3, 0.4) is 0 Å². The molecule has 2 nitrogen and oxygen atoms in total. The molecular weight excluding hydrogens is 152 g/mol. The molecule has 0 bridgehead atoms. The summed E-state index contributed by atoms with van der Waals surface area (Å²) >= 11 is 0. The van der Waals surface area contributed by atoms with Crippen molar-refractivity contribution in [3.05, 3.63) is 24.3 Å². The number of hydrogen-bond donors (Lipinski definition) is 0. The predicted octanol–water partition coefficient (Wildman–Crippen LogP) is 2.46. The standard InChI is InChI=1S/C10H16O2/c1-3-4-5-6-7-8-9-12-10(2)11/h4-7H,3,8-9H2,1-2H3/b5-4+,7-6+. The highest BCUT2D eigenvalue weighted by molar-refractivity contribution is 5.65. The van der Waals surface area contributed by atoms with Crippen molar-refractivity contribution in [1.29, 1.82) is 0 Å². The summed E-state index contributed by atoms with van der Waals surface area (Å²) < 4.78 is 4.73. The van der Waals surface area contributed by atoms with Crippen LogP contribution >= 0.6 is 0 Å². The third-order valence-corrected chi connectivity index (χ3v) is 1.21. The lowest BCUT2D eigenvalue weighted by Gasteiger charge is -1.95. The highest BCUT2D eigenvalue weighted by atomic mass is 16.5. The van der Waals surface area contributed by atoms with Crippen molar-refractivity contribution in [2.45, 2.75) is 26.7 Å². The molecule has 0 unspecified atom stereocenters. The molecule has 0 fully saturated rings. The third kappa shape index (κ3) is 8.95. The van der Waals surface area contributed by atoms with E-state index in [-0.39, 0.29) is 5.97 Å². The number of esters is 1. The molecule has 0 saturated carbocycles. The molecule has 0 aromatic carbocycles. The van der Waals surface area contributed by atoms with Crippen molar-refractivity contribution in [1.82, 2.24) is 0 Å². The van der Waals surface area contributed by atoms with Gasteiger partial charge in [-0.2, -0.15) is 0 Å². The average molecular weight is 168 g/mol. The van der Waals surface area contributed by atoms with Crippen LogP contribution in [0, 0.1) is 0 Å². The molecular formula is C10H16O2. The minimum atomic E-state index is -0.215. The van der Waals surface area contributed by atoms with Gasteiger partial charge in [0.2, 0.25) is 0 Å². The Balaban J connectivity index is 3.24. The second-order valence-corrected chi connectivity index (χ2v) is 2.39. The maximum absolute atomic E-state index is 10.3. The molecule has 0 saturated heterocycles. The summed E-state index contributed by atoms with van der Waals surface area (Å²) in [5.74, 6) is -0.215. The van der Waals surface area contributed by atoms with Crippen molar-refractivity contribution in [3.63, 3.8) is 0 Å². The van der Waals surface area contributed by atoms with E-state index in [9.17, 15) is 4.79 Å². The Labute approximate surface area is 73.9 Å². The Morgan fingerprint density at radius 2 is 2.00 bits per heavy atom. The maximum atomic E-state index is 10.3. The van der Waals surface area contributed by atoms with Crippen molar-refractivity contribution in [2.24, 2.45) is 0 Å². The molecule has 0 heterocycles. The van der Waals surface area contributed by atoms with Crippen molar-refractivity contribution in [2.75, 3.05) is 6.61 Å². The van der Waals surface area contributed by atoms with Crippen LogP contribution in [-0.2, 0) is 9.53 Å². The van der Waals surface area contributed by atoms with Crippen molar-refractivity contribution < 1.29 is 9.53 Å². The van der Waals surface area contributed by atoms with Crippen LogP contribution in [0.1, 0.15) is 26.7 Å². The summed E-state index contributed by atoms with van der Waals surface area (Å²) in [7, 11) is 0. The fraction of sp³-hybridized carbons (Fsp3) is 0.500. The molecule has 0 aliphatic rings. The van der Waals surface area contributed by atoms with E-state index >= 15 is 0 Å². The molecule has 0 aromatic heterocycles. The smallest absolute Gasteiger partial charge is 0.302 e. The van der Waals surface area contributed by atoms with Crippen LogP contribution in [0.2, 0.25) is 0 Å². The van der Waals surface area contributed by atoms with Crippen LogP contribution < -0.4 is 0 Å². The first-order valence-corrected chi connectivity index (χ1v) is 4.22. The molecule has 0 rings (SSSR count). The number of carbonyl (C=O) groups excluding carboxylic acids is 1. The second kappa shape index (κ2) is 8.05. The van der Waals surface area contributed by atoms with Crippen molar-refractivity contribution >= 4 is 5.97 Å². The van der Waals surface area contributed by atoms with Crippen LogP contribution in [0.15, 0.2) is 24.3 Å². The van der Waals surface area contributed by atoms with Gasteiger partial charge in [-0.05, 0) is 12.8 Å². The first-order valence-electron chi connectivity index (χ1n) is 4.22. The van der Waals surface area contributed by atoms with E-state index in [1.165, 1.54) is 6.92 Å². The van der Waals surface area contributed by atoms with E-state index in [0.29, 0.717) is 6.61 Å². The van der Waals surface area contributed by atoms with Crippen LogP contribution in [0.4, 0.5) is 0 Å². The first kappa shape index (κ1) is 11.0. The number of ether oxygens (including phenoxy) is 1. The van der Waals surface area contributed by atoms with Crippen molar-refractivity contribution in [3.8, 4) is 0 Å². The number of hydrogen-bond acceptors (Lipinski definition) is 2.